The second kappa shape index (κ2) is 8.17. The van der Waals surface area contributed by atoms with Crippen molar-refractivity contribution in [3.63, 3.8) is 0 Å². The van der Waals surface area contributed by atoms with E-state index in [0.29, 0.717) is 17.7 Å². The number of ether oxygens (including phenoxy) is 1. The monoisotopic (exact) mass is 307 g/mol. The Morgan fingerprint density at radius 1 is 1.32 bits per heavy atom. The second-order valence-corrected chi connectivity index (χ2v) is 5.14. The van der Waals surface area contributed by atoms with Gasteiger partial charge in [0, 0.05) is 5.56 Å². The van der Waals surface area contributed by atoms with Gasteiger partial charge in [0.15, 0.2) is 12.4 Å². The molecule has 2 atom stereocenters. The summed E-state index contributed by atoms with van der Waals surface area (Å²) in [6.45, 7) is 4.75. The van der Waals surface area contributed by atoms with Gasteiger partial charge in [-0.2, -0.15) is 0 Å². The lowest BCUT2D eigenvalue weighted by Gasteiger charge is -2.20. The molecule has 0 bridgehead atoms. The number of benzene rings is 1. The molecule has 1 rings (SSSR count). The number of amides is 1. The number of aliphatic carboxylic acids is 1. The molecule has 2 N–H and O–H groups in total. The van der Waals surface area contributed by atoms with Crippen molar-refractivity contribution in [2.75, 3.05) is 6.61 Å². The number of rotatable bonds is 8. The average molecular weight is 307 g/mol. The summed E-state index contributed by atoms with van der Waals surface area (Å²) in [5, 5.41) is 11.6. The highest BCUT2D eigenvalue weighted by Crippen LogP contribution is 2.14. The van der Waals surface area contributed by atoms with Gasteiger partial charge < -0.3 is 15.2 Å². The topological polar surface area (TPSA) is 92.7 Å². The van der Waals surface area contributed by atoms with Crippen molar-refractivity contribution >= 4 is 17.7 Å². The number of nitrogens with one attached hydrogen (secondary N) is 1. The van der Waals surface area contributed by atoms with Crippen LogP contribution in [0, 0.1) is 5.92 Å². The van der Waals surface area contributed by atoms with Gasteiger partial charge in [0.05, 0.1) is 0 Å². The Labute approximate surface area is 129 Å². The Morgan fingerprint density at radius 2 is 2.00 bits per heavy atom. The first-order valence-electron chi connectivity index (χ1n) is 7.11. The summed E-state index contributed by atoms with van der Waals surface area (Å²) in [5.41, 5.74) is 0.487. The first kappa shape index (κ1) is 17.7. The molecule has 1 amide bonds. The van der Waals surface area contributed by atoms with Crippen LogP contribution < -0.4 is 10.1 Å². The van der Waals surface area contributed by atoms with Gasteiger partial charge >= 0.3 is 5.97 Å². The van der Waals surface area contributed by atoms with Gasteiger partial charge in [0.1, 0.15) is 11.8 Å². The molecule has 0 saturated carbocycles. The van der Waals surface area contributed by atoms with Crippen molar-refractivity contribution in [2.24, 2.45) is 5.92 Å². The minimum Gasteiger partial charge on any atom is -0.484 e. The number of hydrogen-bond acceptors (Lipinski definition) is 4. The summed E-state index contributed by atoms with van der Waals surface area (Å²) in [5.74, 6) is -1.47. The van der Waals surface area contributed by atoms with E-state index in [-0.39, 0.29) is 18.3 Å². The molecule has 22 heavy (non-hydrogen) atoms. The molecule has 6 nitrogen and oxygen atoms in total. The standard InChI is InChI=1S/C16H21NO5/c1-4-10(2)15(16(20)21)17-14(19)9-22-13-7-5-6-12(8-13)11(3)18/h5-8,10,15H,4,9H2,1-3H3,(H,17,19)(H,20,21). The fraction of sp³-hybridized carbons (Fsp3) is 0.438. The minimum absolute atomic E-state index is 0.0994. The highest BCUT2D eigenvalue weighted by Gasteiger charge is 2.25. The molecular formula is C16H21NO5. The predicted molar refractivity (Wildman–Crippen MR) is 81.0 cm³/mol. The van der Waals surface area contributed by atoms with Crippen molar-refractivity contribution in [3.05, 3.63) is 29.8 Å². The van der Waals surface area contributed by atoms with Gasteiger partial charge in [0.2, 0.25) is 0 Å². The summed E-state index contributed by atoms with van der Waals surface area (Å²) in [7, 11) is 0. The summed E-state index contributed by atoms with van der Waals surface area (Å²) >= 11 is 0. The van der Waals surface area contributed by atoms with E-state index in [1.54, 1.807) is 31.2 Å². The maximum atomic E-state index is 11.8. The molecular weight excluding hydrogens is 286 g/mol. The molecule has 0 saturated heterocycles. The van der Waals surface area contributed by atoms with Crippen molar-refractivity contribution in [3.8, 4) is 5.75 Å². The molecule has 0 radical (unpaired) electrons. The Kier molecular flexibility index (Phi) is 6.56. The number of Topliss-reactive ketones (excluding diaryl/α,β-unsaturated/α-hetero) is 1. The van der Waals surface area contributed by atoms with Crippen LogP contribution in [0.4, 0.5) is 0 Å². The van der Waals surface area contributed by atoms with Crippen molar-refractivity contribution in [1.29, 1.82) is 0 Å². The van der Waals surface area contributed by atoms with Crippen LogP contribution in [0.1, 0.15) is 37.6 Å². The number of hydrogen-bond donors (Lipinski definition) is 2. The van der Waals surface area contributed by atoms with E-state index in [4.69, 9.17) is 9.84 Å². The van der Waals surface area contributed by atoms with Crippen molar-refractivity contribution in [1.82, 2.24) is 5.32 Å². The third kappa shape index (κ3) is 5.20. The first-order valence-corrected chi connectivity index (χ1v) is 7.11. The maximum Gasteiger partial charge on any atom is 0.326 e. The van der Waals surface area contributed by atoms with E-state index < -0.39 is 17.9 Å². The molecule has 0 aromatic heterocycles. The minimum atomic E-state index is -1.07. The first-order chi connectivity index (χ1) is 10.3. The average Bonchev–Trinajstić information content (AvgIpc) is 2.49. The molecule has 120 valence electrons. The number of ketones is 1. The molecule has 1 aromatic carbocycles. The Morgan fingerprint density at radius 3 is 2.55 bits per heavy atom. The van der Waals surface area contributed by atoms with E-state index in [0.717, 1.165) is 0 Å². The quantitative estimate of drug-likeness (QED) is 0.715. The molecule has 1 aromatic rings. The lowest BCUT2D eigenvalue weighted by molar-refractivity contribution is -0.143. The zero-order valence-corrected chi connectivity index (χ0v) is 13.0. The summed E-state index contributed by atoms with van der Waals surface area (Å²) in [4.78, 5) is 34.2. The lowest BCUT2D eigenvalue weighted by Crippen LogP contribution is -2.46. The molecule has 0 aliphatic rings. The van der Waals surface area contributed by atoms with Gasteiger partial charge in [-0.15, -0.1) is 0 Å². The van der Waals surface area contributed by atoms with Crippen molar-refractivity contribution in [2.45, 2.75) is 33.2 Å². The van der Waals surface area contributed by atoms with Gasteiger partial charge in [-0.1, -0.05) is 32.4 Å². The fourth-order valence-electron chi connectivity index (χ4n) is 1.85. The maximum absolute atomic E-state index is 11.8. The van der Waals surface area contributed by atoms with Gasteiger partial charge in [-0.3, -0.25) is 9.59 Å². The van der Waals surface area contributed by atoms with E-state index in [1.807, 2.05) is 6.92 Å². The summed E-state index contributed by atoms with van der Waals surface area (Å²) in [6.07, 6.45) is 0.638. The number of carbonyl (C=O) groups is 3. The zero-order chi connectivity index (χ0) is 16.7. The smallest absolute Gasteiger partial charge is 0.326 e. The van der Waals surface area contributed by atoms with E-state index in [2.05, 4.69) is 5.32 Å². The van der Waals surface area contributed by atoms with Crippen LogP contribution in [-0.4, -0.2) is 35.4 Å². The highest BCUT2D eigenvalue weighted by molar-refractivity contribution is 5.94. The Balaban J connectivity index is 2.60. The van der Waals surface area contributed by atoms with E-state index >= 15 is 0 Å². The van der Waals surface area contributed by atoms with Crippen LogP contribution in [0.15, 0.2) is 24.3 Å². The Bertz CT molecular complexity index is 555. The van der Waals surface area contributed by atoms with Crippen LogP contribution in [-0.2, 0) is 9.59 Å². The lowest BCUT2D eigenvalue weighted by atomic mass is 9.99. The third-order valence-electron chi connectivity index (χ3n) is 3.41. The van der Waals surface area contributed by atoms with Gasteiger partial charge in [-0.05, 0) is 25.0 Å². The zero-order valence-electron chi connectivity index (χ0n) is 13.0. The van der Waals surface area contributed by atoms with Crippen LogP contribution in [0.2, 0.25) is 0 Å². The molecule has 0 aliphatic heterocycles. The predicted octanol–water partition coefficient (Wildman–Crippen LogP) is 1.88. The van der Waals surface area contributed by atoms with Crippen LogP contribution >= 0.6 is 0 Å². The normalized spacial score (nSPS) is 13.0. The van der Waals surface area contributed by atoms with Crippen LogP contribution in [0.3, 0.4) is 0 Å². The number of carboxylic acid groups (broad SMARTS) is 1. The van der Waals surface area contributed by atoms with Gasteiger partial charge in [0.25, 0.3) is 5.91 Å². The van der Waals surface area contributed by atoms with Crippen molar-refractivity contribution < 1.29 is 24.2 Å². The molecule has 0 fully saturated rings. The van der Waals surface area contributed by atoms with Crippen LogP contribution in [0.5, 0.6) is 5.75 Å². The SMILES string of the molecule is CCC(C)C(NC(=O)COc1cccc(C(C)=O)c1)C(=O)O. The second-order valence-electron chi connectivity index (χ2n) is 5.14. The molecule has 0 spiro atoms. The summed E-state index contributed by atoms with van der Waals surface area (Å²) in [6, 6.07) is 5.54. The third-order valence-corrected chi connectivity index (χ3v) is 3.41. The van der Waals surface area contributed by atoms with E-state index in [9.17, 15) is 14.4 Å². The molecule has 2 unspecified atom stereocenters. The molecule has 6 heteroatoms. The number of carbonyl (C=O) groups excluding carboxylic acids is 2. The number of carboxylic acids is 1. The molecule has 0 heterocycles. The highest BCUT2D eigenvalue weighted by atomic mass is 16.5. The Hall–Kier alpha value is -2.37. The van der Waals surface area contributed by atoms with E-state index in [1.165, 1.54) is 6.92 Å². The van der Waals surface area contributed by atoms with Crippen LogP contribution in [0.25, 0.3) is 0 Å². The molecule has 0 aliphatic carbocycles. The van der Waals surface area contributed by atoms with Gasteiger partial charge in [-0.25, -0.2) is 4.79 Å². The fourth-order valence-corrected chi connectivity index (χ4v) is 1.85. The largest absolute Gasteiger partial charge is 0.484 e. The summed E-state index contributed by atoms with van der Waals surface area (Å²) < 4.78 is 5.30.